The molecule has 2 atom stereocenters. The highest BCUT2D eigenvalue weighted by molar-refractivity contribution is 5.91. The second-order valence-corrected chi connectivity index (χ2v) is 4.92. The maximum Gasteiger partial charge on any atom is 0.245 e. The van der Waals surface area contributed by atoms with Crippen LogP contribution in [0.4, 0.5) is 0 Å². The van der Waals surface area contributed by atoms with Gasteiger partial charge in [0.15, 0.2) is 0 Å². The summed E-state index contributed by atoms with van der Waals surface area (Å²) in [5.41, 5.74) is 6.01. The summed E-state index contributed by atoms with van der Waals surface area (Å²) in [5, 5.41) is 9.29. The number of primary amides is 1. The summed E-state index contributed by atoms with van der Waals surface area (Å²) in [6.07, 6.45) is 2.29. The Bertz CT molecular complexity index is 536. The fourth-order valence-corrected chi connectivity index (χ4v) is 2.57. The monoisotopic (exact) mass is 271 g/mol. The minimum atomic E-state index is -0.879. The lowest BCUT2D eigenvalue weighted by Crippen LogP contribution is -2.51. The molecule has 0 radical (unpaired) electrons. The highest BCUT2D eigenvalue weighted by Crippen LogP contribution is 2.23. The molecule has 2 rings (SSSR count). The lowest BCUT2D eigenvalue weighted by molar-refractivity contribution is -0.141. The number of nitrogens with zero attached hydrogens (tertiary/aromatic N) is 2. The molecular weight excluding hydrogens is 254 g/mol. The van der Waals surface area contributed by atoms with E-state index in [0.717, 1.165) is 12.8 Å². The predicted octanol–water partition coefficient (Wildman–Crippen LogP) is 1.16. The van der Waals surface area contributed by atoms with Gasteiger partial charge < -0.3 is 10.6 Å². The molecule has 1 aromatic carbocycles. The summed E-state index contributed by atoms with van der Waals surface area (Å²) in [5.74, 6) is -1.71. The van der Waals surface area contributed by atoms with E-state index in [1.807, 2.05) is 12.1 Å². The van der Waals surface area contributed by atoms with E-state index in [1.54, 1.807) is 24.3 Å². The van der Waals surface area contributed by atoms with Crippen LogP contribution in [0.2, 0.25) is 0 Å². The van der Waals surface area contributed by atoms with Gasteiger partial charge in [0.1, 0.15) is 12.0 Å². The number of hydrogen-bond acceptors (Lipinski definition) is 3. The Labute approximate surface area is 118 Å². The van der Waals surface area contributed by atoms with Gasteiger partial charge in [-0.05, 0) is 24.8 Å². The third-order valence-electron chi connectivity index (χ3n) is 3.62. The molecule has 1 aromatic rings. The molecule has 0 aliphatic carbocycles. The Morgan fingerprint density at radius 1 is 1.30 bits per heavy atom. The summed E-state index contributed by atoms with van der Waals surface area (Å²) >= 11 is 0. The van der Waals surface area contributed by atoms with Crippen LogP contribution in [0, 0.1) is 11.3 Å². The van der Waals surface area contributed by atoms with E-state index in [0.29, 0.717) is 18.5 Å². The van der Waals surface area contributed by atoms with E-state index in [4.69, 9.17) is 5.73 Å². The van der Waals surface area contributed by atoms with E-state index >= 15 is 0 Å². The number of piperidine rings is 1. The first-order valence-electron chi connectivity index (χ1n) is 6.69. The number of likely N-dealkylation sites (tertiary alicyclic amines) is 1. The number of carbonyl (C=O) groups is 2. The molecule has 2 unspecified atom stereocenters. The van der Waals surface area contributed by atoms with E-state index in [1.165, 1.54) is 4.90 Å². The number of rotatable bonds is 3. The number of nitrogens with two attached hydrogens (primary N) is 1. The van der Waals surface area contributed by atoms with Crippen LogP contribution in [0.5, 0.6) is 0 Å². The molecule has 1 heterocycles. The SMILES string of the molecule is N#CC(C(=O)N1CCCCC1C(N)=O)c1ccccc1. The van der Waals surface area contributed by atoms with Crippen LogP contribution in [-0.2, 0) is 9.59 Å². The quantitative estimate of drug-likeness (QED) is 0.894. The fraction of sp³-hybridized carbons (Fsp3) is 0.400. The van der Waals surface area contributed by atoms with Crippen molar-refractivity contribution in [2.45, 2.75) is 31.2 Å². The van der Waals surface area contributed by atoms with E-state index in [9.17, 15) is 14.9 Å². The van der Waals surface area contributed by atoms with Gasteiger partial charge in [-0.1, -0.05) is 30.3 Å². The minimum absolute atomic E-state index is 0.331. The fourth-order valence-electron chi connectivity index (χ4n) is 2.57. The highest BCUT2D eigenvalue weighted by atomic mass is 16.2. The van der Waals surface area contributed by atoms with Crippen LogP contribution < -0.4 is 5.73 Å². The Morgan fingerprint density at radius 2 is 2.00 bits per heavy atom. The Kier molecular flexibility index (Phi) is 4.36. The molecule has 2 N–H and O–H groups in total. The van der Waals surface area contributed by atoms with Crippen molar-refractivity contribution < 1.29 is 9.59 Å². The second-order valence-electron chi connectivity index (χ2n) is 4.92. The molecule has 1 saturated heterocycles. The molecule has 0 bridgehead atoms. The number of amides is 2. The Balaban J connectivity index is 2.24. The number of carbonyl (C=O) groups excluding carboxylic acids is 2. The molecule has 20 heavy (non-hydrogen) atoms. The standard InChI is InChI=1S/C15H17N3O2/c16-10-12(11-6-2-1-3-7-11)15(20)18-9-5-4-8-13(18)14(17)19/h1-3,6-7,12-13H,4-5,8-9H2,(H2,17,19). The molecule has 1 aliphatic rings. The van der Waals surface area contributed by atoms with Crippen molar-refractivity contribution in [1.82, 2.24) is 4.90 Å². The van der Waals surface area contributed by atoms with Gasteiger partial charge in [-0.2, -0.15) is 5.26 Å². The van der Waals surface area contributed by atoms with E-state index < -0.39 is 17.9 Å². The number of hydrogen-bond donors (Lipinski definition) is 1. The zero-order chi connectivity index (χ0) is 14.5. The average Bonchev–Trinajstić information content (AvgIpc) is 2.49. The molecule has 1 aliphatic heterocycles. The molecular formula is C15H17N3O2. The maximum atomic E-state index is 12.5. The summed E-state index contributed by atoms with van der Waals surface area (Å²) in [6, 6.07) is 10.3. The molecule has 2 amide bonds. The van der Waals surface area contributed by atoms with Crippen molar-refractivity contribution in [3.05, 3.63) is 35.9 Å². The van der Waals surface area contributed by atoms with Crippen molar-refractivity contribution in [3.8, 4) is 6.07 Å². The van der Waals surface area contributed by atoms with Crippen LogP contribution in [0.15, 0.2) is 30.3 Å². The van der Waals surface area contributed by atoms with Gasteiger partial charge in [0.2, 0.25) is 11.8 Å². The third kappa shape index (κ3) is 2.80. The first kappa shape index (κ1) is 14.1. The van der Waals surface area contributed by atoms with E-state index in [-0.39, 0.29) is 5.91 Å². The second kappa shape index (κ2) is 6.20. The molecule has 1 fully saturated rings. The van der Waals surface area contributed by atoms with Gasteiger partial charge in [0.25, 0.3) is 0 Å². The molecule has 0 spiro atoms. The van der Waals surface area contributed by atoms with Crippen LogP contribution in [-0.4, -0.2) is 29.3 Å². The maximum absolute atomic E-state index is 12.5. The smallest absolute Gasteiger partial charge is 0.245 e. The first-order chi connectivity index (χ1) is 9.65. The lowest BCUT2D eigenvalue weighted by atomic mass is 9.95. The van der Waals surface area contributed by atoms with Gasteiger partial charge in [-0.15, -0.1) is 0 Å². The molecule has 104 valence electrons. The molecule has 0 aromatic heterocycles. The normalized spacial score (nSPS) is 19.9. The van der Waals surface area contributed by atoms with Crippen molar-refractivity contribution >= 4 is 11.8 Å². The zero-order valence-electron chi connectivity index (χ0n) is 11.2. The third-order valence-corrected chi connectivity index (χ3v) is 3.62. The van der Waals surface area contributed by atoms with Crippen molar-refractivity contribution in [1.29, 1.82) is 5.26 Å². The van der Waals surface area contributed by atoms with Gasteiger partial charge in [0, 0.05) is 6.54 Å². The van der Waals surface area contributed by atoms with E-state index in [2.05, 4.69) is 0 Å². The summed E-state index contributed by atoms with van der Waals surface area (Å²) < 4.78 is 0. The average molecular weight is 271 g/mol. The Morgan fingerprint density at radius 3 is 2.60 bits per heavy atom. The number of nitriles is 1. The predicted molar refractivity (Wildman–Crippen MR) is 73.3 cm³/mol. The largest absolute Gasteiger partial charge is 0.368 e. The number of benzene rings is 1. The van der Waals surface area contributed by atoms with Crippen LogP contribution in [0.3, 0.4) is 0 Å². The van der Waals surface area contributed by atoms with Gasteiger partial charge in [-0.25, -0.2) is 0 Å². The van der Waals surface area contributed by atoms with Gasteiger partial charge in [0.05, 0.1) is 6.07 Å². The van der Waals surface area contributed by atoms with Crippen molar-refractivity contribution in [3.63, 3.8) is 0 Å². The molecule has 5 nitrogen and oxygen atoms in total. The van der Waals surface area contributed by atoms with Crippen molar-refractivity contribution in [2.75, 3.05) is 6.54 Å². The molecule has 0 saturated carbocycles. The summed E-state index contributed by atoms with van der Waals surface area (Å²) in [6.45, 7) is 0.484. The first-order valence-corrected chi connectivity index (χ1v) is 6.69. The lowest BCUT2D eigenvalue weighted by Gasteiger charge is -2.34. The van der Waals surface area contributed by atoms with Crippen LogP contribution in [0.25, 0.3) is 0 Å². The van der Waals surface area contributed by atoms with Crippen molar-refractivity contribution in [2.24, 2.45) is 5.73 Å². The van der Waals surface area contributed by atoms with Gasteiger partial charge >= 0.3 is 0 Å². The molecule has 5 heteroatoms. The zero-order valence-corrected chi connectivity index (χ0v) is 11.2. The Hall–Kier alpha value is -2.35. The minimum Gasteiger partial charge on any atom is -0.368 e. The van der Waals surface area contributed by atoms with Crippen LogP contribution >= 0.6 is 0 Å². The summed E-state index contributed by atoms with van der Waals surface area (Å²) in [4.78, 5) is 25.5. The topological polar surface area (TPSA) is 87.2 Å². The summed E-state index contributed by atoms with van der Waals surface area (Å²) in [7, 11) is 0. The van der Waals surface area contributed by atoms with Crippen LogP contribution in [0.1, 0.15) is 30.7 Å². The van der Waals surface area contributed by atoms with Gasteiger partial charge in [-0.3, -0.25) is 9.59 Å². The highest BCUT2D eigenvalue weighted by Gasteiger charge is 2.34.